The minimum atomic E-state index is -3.58. The van der Waals surface area contributed by atoms with Gasteiger partial charge in [-0.25, -0.2) is 9.37 Å². The van der Waals surface area contributed by atoms with Gasteiger partial charge in [0.2, 0.25) is 0 Å². The van der Waals surface area contributed by atoms with E-state index in [1.807, 2.05) is 6.07 Å². The summed E-state index contributed by atoms with van der Waals surface area (Å²) in [5.74, 6) is 0.495. The van der Waals surface area contributed by atoms with E-state index < -0.39 is 10.2 Å². The maximum Gasteiger partial charge on any atom is 0.281 e. The molecular weight excluding hydrogens is 421 g/mol. The first-order chi connectivity index (χ1) is 14.8. The Bertz CT molecular complexity index is 1120. The standard InChI is InChI=1S/C21H28FN5O3S/c1-25(2)31(29,30)27-11-9-19-17(14-27)21(28)24-20(23-19)16-7-5-10-26(13-16)12-15-6-3-4-8-18(15)22/h3-4,6,8,16H,5,7,9-14H2,1-2H3,(H,23,24,28)/t16-/m1/s1. The quantitative estimate of drug-likeness (QED) is 0.746. The average molecular weight is 450 g/mol. The highest BCUT2D eigenvalue weighted by atomic mass is 32.2. The second-order valence-corrected chi connectivity index (χ2v) is 10.6. The molecule has 0 radical (unpaired) electrons. The molecule has 1 fully saturated rings. The van der Waals surface area contributed by atoms with Gasteiger partial charge < -0.3 is 4.98 Å². The van der Waals surface area contributed by atoms with Gasteiger partial charge in [0.25, 0.3) is 15.8 Å². The number of aromatic nitrogens is 2. The van der Waals surface area contributed by atoms with Crippen LogP contribution in [-0.2, 0) is 29.7 Å². The Balaban J connectivity index is 1.52. The maximum absolute atomic E-state index is 14.0. The average Bonchev–Trinajstić information content (AvgIpc) is 2.75. The van der Waals surface area contributed by atoms with Crippen LogP contribution >= 0.6 is 0 Å². The van der Waals surface area contributed by atoms with Crippen molar-refractivity contribution in [3.05, 3.63) is 63.1 Å². The van der Waals surface area contributed by atoms with Gasteiger partial charge in [-0.15, -0.1) is 0 Å². The first kappa shape index (κ1) is 22.1. The molecule has 1 saturated heterocycles. The Labute approximate surface area is 181 Å². The van der Waals surface area contributed by atoms with Crippen LogP contribution < -0.4 is 5.56 Å². The van der Waals surface area contributed by atoms with Crippen LogP contribution in [0, 0.1) is 5.82 Å². The summed E-state index contributed by atoms with van der Waals surface area (Å²) in [5, 5.41) is 0. The summed E-state index contributed by atoms with van der Waals surface area (Å²) < 4.78 is 41.3. The topological polar surface area (TPSA) is 89.6 Å². The molecule has 0 amide bonds. The van der Waals surface area contributed by atoms with Crippen molar-refractivity contribution >= 4 is 10.2 Å². The van der Waals surface area contributed by atoms with Crippen molar-refractivity contribution in [2.24, 2.45) is 0 Å². The van der Waals surface area contributed by atoms with E-state index in [0.29, 0.717) is 48.7 Å². The van der Waals surface area contributed by atoms with E-state index in [-0.39, 0.29) is 23.8 Å². The van der Waals surface area contributed by atoms with Crippen molar-refractivity contribution in [1.82, 2.24) is 23.5 Å². The third-order valence-electron chi connectivity index (χ3n) is 6.08. The van der Waals surface area contributed by atoms with Crippen LogP contribution in [0.2, 0.25) is 0 Å². The number of fused-ring (bicyclic) bond motifs is 1. The zero-order valence-electron chi connectivity index (χ0n) is 17.8. The Hall–Kier alpha value is -2.14. The minimum absolute atomic E-state index is 0.0303. The zero-order chi connectivity index (χ0) is 22.2. The normalized spacial score (nSPS) is 20.7. The number of aromatic amines is 1. The SMILES string of the molecule is CN(C)S(=O)(=O)N1CCc2nc([C@@H]3CCCN(Cc4ccccc4F)C3)[nH]c(=O)c2C1. The molecule has 4 rings (SSSR count). The Morgan fingerprint density at radius 1 is 1.26 bits per heavy atom. The second-order valence-electron chi connectivity index (χ2n) is 8.42. The number of hydrogen-bond donors (Lipinski definition) is 1. The molecule has 1 N–H and O–H groups in total. The van der Waals surface area contributed by atoms with Crippen molar-refractivity contribution in [1.29, 1.82) is 0 Å². The number of nitrogens with zero attached hydrogens (tertiary/aromatic N) is 4. The van der Waals surface area contributed by atoms with E-state index >= 15 is 0 Å². The molecule has 0 aliphatic carbocycles. The molecule has 0 saturated carbocycles. The number of hydrogen-bond acceptors (Lipinski definition) is 5. The van der Waals surface area contributed by atoms with E-state index in [0.717, 1.165) is 23.7 Å². The number of likely N-dealkylation sites (tertiary alicyclic amines) is 1. The van der Waals surface area contributed by atoms with Crippen LogP contribution in [0.4, 0.5) is 4.39 Å². The lowest BCUT2D eigenvalue weighted by Crippen LogP contribution is -2.45. The number of benzene rings is 1. The van der Waals surface area contributed by atoms with Crippen LogP contribution in [0.1, 0.15) is 41.4 Å². The van der Waals surface area contributed by atoms with Crippen LogP contribution in [0.3, 0.4) is 0 Å². The van der Waals surface area contributed by atoms with Crippen molar-refractivity contribution in [2.75, 3.05) is 33.7 Å². The van der Waals surface area contributed by atoms with Crippen LogP contribution in [-0.4, -0.2) is 65.6 Å². The van der Waals surface area contributed by atoms with Gasteiger partial charge in [-0.1, -0.05) is 18.2 Å². The molecule has 31 heavy (non-hydrogen) atoms. The maximum atomic E-state index is 14.0. The van der Waals surface area contributed by atoms with Crippen molar-refractivity contribution in [2.45, 2.75) is 38.3 Å². The summed E-state index contributed by atoms with van der Waals surface area (Å²) in [6, 6.07) is 6.79. The fourth-order valence-electron chi connectivity index (χ4n) is 4.33. The minimum Gasteiger partial charge on any atom is -0.310 e. The third kappa shape index (κ3) is 4.57. The number of rotatable bonds is 5. The highest BCUT2D eigenvalue weighted by Crippen LogP contribution is 2.27. The highest BCUT2D eigenvalue weighted by molar-refractivity contribution is 7.86. The molecule has 1 aromatic heterocycles. The number of nitrogens with one attached hydrogen (secondary N) is 1. The molecule has 8 nitrogen and oxygen atoms in total. The van der Waals surface area contributed by atoms with Gasteiger partial charge >= 0.3 is 0 Å². The van der Waals surface area contributed by atoms with Gasteiger partial charge in [0, 0.05) is 58.2 Å². The van der Waals surface area contributed by atoms with Crippen LogP contribution in [0.25, 0.3) is 0 Å². The Morgan fingerprint density at radius 2 is 2.03 bits per heavy atom. The largest absolute Gasteiger partial charge is 0.310 e. The van der Waals surface area contributed by atoms with Gasteiger partial charge in [0.05, 0.1) is 11.3 Å². The van der Waals surface area contributed by atoms with Crippen molar-refractivity contribution in [3.8, 4) is 0 Å². The van der Waals surface area contributed by atoms with Crippen LogP contribution in [0.15, 0.2) is 29.1 Å². The Kier molecular flexibility index (Phi) is 6.25. The third-order valence-corrected chi connectivity index (χ3v) is 7.97. The molecule has 1 aromatic carbocycles. The smallest absolute Gasteiger partial charge is 0.281 e. The zero-order valence-corrected chi connectivity index (χ0v) is 18.7. The lowest BCUT2D eigenvalue weighted by atomic mass is 9.96. The van der Waals surface area contributed by atoms with Crippen molar-refractivity contribution in [3.63, 3.8) is 0 Å². The Morgan fingerprint density at radius 3 is 2.77 bits per heavy atom. The summed E-state index contributed by atoms with van der Waals surface area (Å²) in [6.07, 6.45) is 2.25. The molecule has 2 aliphatic rings. The lowest BCUT2D eigenvalue weighted by molar-refractivity contribution is 0.194. The molecule has 0 bridgehead atoms. The molecule has 10 heteroatoms. The van der Waals surface area contributed by atoms with Crippen LogP contribution in [0.5, 0.6) is 0 Å². The molecule has 3 heterocycles. The lowest BCUT2D eigenvalue weighted by Gasteiger charge is -2.33. The molecule has 0 spiro atoms. The fraction of sp³-hybridized carbons (Fsp3) is 0.524. The second kappa shape index (κ2) is 8.78. The molecule has 1 atom stereocenters. The van der Waals surface area contributed by atoms with Gasteiger partial charge in [0.1, 0.15) is 11.6 Å². The predicted molar refractivity (Wildman–Crippen MR) is 115 cm³/mol. The summed E-state index contributed by atoms with van der Waals surface area (Å²) in [4.78, 5) is 22.6. The number of H-pyrrole nitrogens is 1. The van der Waals surface area contributed by atoms with Crippen molar-refractivity contribution < 1.29 is 12.8 Å². The first-order valence-electron chi connectivity index (χ1n) is 10.5. The van der Waals surface area contributed by atoms with E-state index in [4.69, 9.17) is 4.98 Å². The molecule has 2 aromatic rings. The van der Waals surface area contributed by atoms with Gasteiger partial charge in [-0.2, -0.15) is 17.0 Å². The first-order valence-corrected chi connectivity index (χ1v) is 11.9. The van der Waals surface area contributed by atoms with E-state index in [1.54, 1.807) is 12.1 Å². The number of halogens is 1. The monoisotopic (exact) mass is 449 g/mol. The molecule has 168 valence electrons. The summed E-state index contributed by atoms with van der Waals surface area (Å²) >= 11 is 0. The van der Waals surface area contributed by atoms with Gasteiger partial charge in [-0.05, 0) is 25.5 Å². The summed E-state index contributed by atoms with van der Waals surface area (Å²) in [7, 11) is -0.624. The molecular formula is C21H28FN5O3S. The summed E-state index contributed by atoms with van der Waals surface area (Å²) in [6.45, 7) is 2.42. The highest BCUT2D eigenvalue weighted by Gasteiger charge is 2.32. The van der Waals surface area contributed by atoms with E-state index in [2.05, 4.69) is 9.88 Å². The number of piperidine rings is 1. The van der Waals surface area contributed by atoms with E-state index in [9.17, 15) is 17.6 Å². The van der Waals surface area contributed by atoms with Gasteiger partial charge in [-0.3, -0.25) is 9.69 Å². The van der Waals surface area contributed by atoms with Gasteiger partial charge in [0.15, 0.2) is 0 Å². The summed E-state index contributed by atoms with van der Waals surface area (Å²) in [5.41, 5.74) is 1.48. The molecule has 2 aliphatic heterocycles. The van der Waals surface area contributed by atoms with E-state index in [1.165, 1.54) is 24.5 Å². The predicted octanol–water partition coefficient (Wildman–Crippen LogP) is 1.45. The molecule has 0 unspecified atom stereocenters. The fourth-order valence-corrected chi connectivity index (χ4v) is 5.41.